The smallest absolute Gasteiger partial charge is 0.223 e. The highest BCUT2D eigenvalue weighted by Crippen LogP contribution is 2.20. The molecule has 1 fully saturated rings. The molecule has 0 spiro atoms. The lowest BCUT2D eigenvalue weighted by atomic mass is 9.91. The summed E-state index contributed by atoms with van der Waals surface area (Å²) in [6.45, 7) is 11.5. The van der Waals surface area contributed by atoms with Gasteiger partial charge >= 0.3 is 0 Å². The van der Waals surface area contributed by atoms with Crippen LogP contribution in [0.25, 0.3) is 0 Å². The molecule has 3 nitrogen and oxygen atoms in total. The standard InChI is InChI=1S/C15H30N2O/c1-5-6-10-17(12-13-8-7-9-16-13)14(18)11-15(2,3)4/h13,16H,5-12H2,1-4H3. The zero-order chi connectivity index (χ0) is 13.6. The Bertz CT molecular complexity index is 252. The highest BCUT2D eigenvalue weighted by atomic mass is 16.2. The summed E-state index contributed by atoms with van der Waals surface area (Å²) in [7, 11) is 0. The van der Waals surface area contributed by atoms with E-state index in [4.69, 9.17) is 0 Å². The predicted molar refractivity (Wildman–Crippen MR) is 76.6 cm³/mol. The second-order valence-electron chi connectivity index (χ2n) is 6.72. The van der Waals surface area contributed by atoms with Crippen LogP contribution in [0.1, 0.15) is 59.8 Å². The van der Waals surface area contributed by atoms with E-state index in [1.807, 2.05) is 0 Å². The van der Waals surface area contributed by atoms with Crippen molar-refractivity contribution in [2.24, 2.45) is 5.41 Å². The SMILES string of the molecule is CCCCN(CC1CCCN1)C(=O)CC(C)(C)C. The maximum absolute atomic E-state index is 12.4. The molecule has 0 bridgehead atoms. The van der Waals surface area contributed by atoms with Crippen LogP contribution in [0.2, 0.25) is 0 Å². The summed E-state index contributed by atoms with van der Waals surface area (Å²) in [5, 5.41) is 3.49. The van der Waals surface area contributed by atoms with Crippen LogP contribution < -0.4 is 5.32 Å². The third-order valence-corrected chi connectivity index (χ3v) is 3.42. The van der Waals surface area contributed by atoms with Gasteiger partial charge in [-0.05, 0) is 31.2 Å². The molecule has 1 aliphatic rings. The third-order valence-electron chi connectivity index (χ3n) is 3.42. The Labute approximate surface area is 112 Å². The van der Waals surface area contributed by atoms with E-state index in [0.29, 0.717) is 18.4 Å². The normalized spacial score (nSPS) is 20.1. The number of hydrogen-bond donors (Lipinski definition) is 1. The second kappa shape index (κ2) is 7.13. The van der Waals surface area contributed by atoms with Crippen molar-refractivity contribution in [2.75, 3.05) is 19.6 Å². The summed E-state index contributed by atoms with van der Waals surface area (Å²) in [4.78, 5) is 14.4. The molecule has 1 aliphatic heterocycles. The minimum atomic E-state index is 0.0879. The summed E-state index contributed by atoms with van der Waals surface area (Å²) in [5.74, 6) is 0.324. The quantitative estimate of drug-likeness (QED) is 0.790. The third kappa shape index (κ3) is 5.85. The summed E-state index contributed by atoms with van der Waals surface area (Å²) < 4.78 is 0. The average Bonchev–Trinajstić information content (AvgIpc) is 2.74. The molecule has 0 radical (unpaired) electrons. The van der Waals surface area contributed by atoms with E-state index in [2.05, 4.69) is 37.9 Å². The number of unbranched alkanes of at least 4 members (excludes halogenated alkanes) is 1. The van der Waals surface area contributed by atoms with Crippen LogP contribution >= 0.6 is 0 Å². The second-order valence-corrected chi connectivity index (χ2v) is 6.72. The Balaban J connectivity index is 2.50. The highest BCUT2D eigenvalue weighted by molar-refractivity contribution is 5.76. The number of carbonyl (C=O) groups excluding carboxylic acids is 1. The number of amides is 1. The van der Waals surface area contributed by atoms with E-state index in [9.17, 15) is 4.79 Å². The fraction of sp³-hybridized carbons (Fsp3) is 0.933. The van der Waals surface area contributed by atoms with Gasteiger partial charge in [0, 0.05) is 25.6 Å². The van der Waals surface area contributed by atoms with Gasteiger partial charge in [0.2, 0.25) is 5.91 Å². The van der Waals surface area contributed by atoms with E-state index in [1.54, 1.807) is 0 Å². The number of carbonyl (C=O) groups is 1. The molecule has 1 atom stereocenters. The molecule has 0 aromatic rings. The largest absolute Gasteiger partial charge is 0.341 e. The van der Waals surface area contributed by atoms with Crippen molar-refractivity contribution in [1.82, 2.24) is 10.2 Å². The van der Waals surface area contributed by atoms with E-state index in [-0.39, 0.29) is 5.41 Å². The lowest BCUT2D eigenvalue weighted by molar-refractivity contribution is -0.133. The van der Waals surface area contributed by atoms with Gasteiger partial charge in [-0.25, -0.2) is 0 Å². The van der Waals surface area contributed by atoms with Gasteiger partial charge in [-0.15, -0.1) is 0 Å². The Morgan fingerprint density at radius 3 is 2.61 bits per heavy atom. The molecule has 0 aromatic heterocycles. The van der Waals surface area contributed by atoms with Crippen LogP contribution in [-0.2, 0) is 4.79 Å². The van der Waals surface area contributed by atoms with Gasteiger partial charge in [0.25, 0.3) is 0 Å². The molecule has 0 saturated carbocycles. The molecule has 0 aromatic carbocycles. The summed E-state index contributed by atoms with van der Waals surface area (Å²) in [6, 6.07) is 0.519. The fourth-order valence-corrected chi connectivity index (χ4v) is 2.41. The molecule has 106 valence electrons. The molecule has 3 heteroatoms. The van der Waals surface area contributed by atoms with E-state index < -0.39 is 0 Å². The summed E-state index contributed by atoms with van der Waals surface area (Å²) in [5.41, 5.74) is 0.0879. The van der Waals surface area contributed by atoms with Crippen molar-refractivity contribution >= 4 is 5.91 Å². The predicted octanol–water partition coefficient (Wildman–Crippen LogP) is 2.80. The Kier molecular flexibility index (Phi) is 6.13. The van der Waals surface area contributed by atoms with E-state index in [1.165, 1.54) is 12.8 Å². The van der Waals surface area contributed by atoms with Gasteiger partial charge in [-0.2, -0.15) is 0 Å². The highest BCUT2D eigenvalue weighted by Gasteiger charge is 2.24. The van der Waals surface area contributed by atoms with Crippen molar-refractivity contribution in [3.8, 4) is 0 Å². The van der Waals surface area contributed by atoms with Crippen LogP contribution in [0.4, 0.5) is 0 Å². The summed E-state index contributed by atoms with van der Waals surface area (Å²) in [6.07, 6.45) is 5.38. The molecule has 1 saturated heterocycles. The lowest BCUT2D eigenvalue weighted by Gasteiger charge is -2.29. The van der Waals surface area contributed by atoms with Gasteiger partial charge < -0.3 is 10.2 Å². The molecule has 1 N–H and O–H groups in total. The van der Waals surface area contributed by atoms with Gasteiger partial charge in [0.15, 0.2) is 0 Å². The van der Waals surface area contributed by atoms with Gasteiger partial charge in [0.1, 0.15) is 0 Å². The first-order valence-electron chi connectivity index (χ1n) is 7.43. The lowest BCUT2D eigenvalue weighted by Crippen LogP contribution is -2.42. The fourth-order valence-electron chi connectivity index (χ4n) is 2.41. The van der Waals surface area contributed by atoms with Crippen molar-refractivity contribution in [1.29, 1.82) is 0 Å². The number of hydrogen-bond acceptors (Lipinski definition) is 2. The van der Waals surface area contributed by atoms with E-state index in [0.717, 1.165) is 32.5 Å². The van der Waals surface area contributed by atoms with Gasteiger partial charge in [0.05, 0.1) is 0 Å². The topological polar surface area (TPSA) is 32.3 Å². The first-order valence-corrected chi connectivity index (χ1v) is 7.43. The van der Waals surface area contributed by atoms with Crippen molar-refractivity contribution < 1.29 is 4.79 Å². The molecule has 0 aliphatic carbocycles. The number of nitrogens with zero attached hydrogens (tertiary/aromatic N) is 1. The van der Waals surface area contributed by atoms with Crippen LogP contribution in [-0.4, -0.2) is 36.5 Å². The van der Waals surface area contributed by atoms with E-state index >= 15 is 0 Å². The first-order chi connectivity index (χ1) is 8.42. The molecule has 18 heavy (non-hydrogen) atoms. The number of nitrogens with one attached hydrogen (secondary N) is 1. The maximum Gasteiger partial charge on any atom is 0.223 e. The zero-order valence-corrected chi connectivity index (χ0v) is 12.6. The minimum Gasteiger partial charge on any atom is -0.341 e. The monoisotopic (exact) mass is 254 g/mol. The van der Waals surface area contributed by atoms with Crippen molar-refractivity contribution in [3.05, 3.63) is 0 Å². The Hall–Kier alpha value is -0.570. The van der Waals surface area contributed by atoms with Crippen LogP contribution in [0.15, 0.2) is 0 Å². The molecule has 1 unspecified atom stereocenters. The van der Waals surface area contributed by atoms with Crippen LogP contribution in [0, 0.1) is 5.41 Å². The molecular weight excluding hydrogens is 224 g/mol. The average molecular weight is 254 g/mol. The Morgan fingerprint density at radius 1 is 1.39 bits per heavy atom. The van der Waals surface area contributed by atoms with Crippen LogP contribution in [0.5, 0.6) is 0 Å². The molecule has 1 rings (SSSR count). The van der Waals surface area contributed by atoms with Gasteiger partial charge in [-0.3, -0.25) is 4.79 Å². The van der Waals surface area contributed by atoms with Crippen molar-refractivity contribution in [2.45, 2.75) is 65.8 Å². The summed E-state index contributed by atoms with van der Waals surface area (Å²) >= 11 is 0. The Morgan fingerprint density at radius 2 is 2.11 bits per heavy atom. The van der Waals surface area contributed by atoms with Gasteiger partial charge in [-0.1, -0.05) is 34.1 Å². The van der Waals surface area contributed by atoms with Crippen molar-refractivity contribution in [3.63, 3.8) is 0 Å². The molecular formula is C15H30N2O. The maximum atomic E-state index is 12.4. The van der Waals surface area contributed by atoms with Crippen LogP contribution in [0.3, 0.4) is 0 Å². The minimum absolute atomic E-state index is 0.0879. The number of rotatable bonds is 6. The zero-order valence-electron chi connectivity index (χ0n) is 12.6. The first kappa shape index (κ1) is 15.5. The molecule has 1 heterocycles. The molecule has 1 amide bonds.